The predicted molar refractivity (Wildman–Crippen MR) is 76.7 cm³/mol. The summed E-state index contributed by atoms with van der Waals surface area (Å²) in [6.45, 7) is 0. The zero-order valence-corrected chi connectivity index (χ0v) is 10.8. The van der Waals surface area contributed by atoms with Crippen LogP contribution in [0, 0.1) is 11.6 Å². The van der Waals surface area contributed by atoms with Crippen LogP contribution in [0.15, 0.2) is 48.7 Å². The number of nitrogens with zero attached hydrogens (tertiary/aromatic N) is 2. The molecule has 3 nitrogen and oxygen atoms in total. The molecule has 0 aliphatic heterocycles. The number of hydrogen-bond acceptors (Lipinski definition) is 2. The van der Waals surface area contributed by atoms with E-state index in [1.807, 2.05) is 18.2 Å². The van der Waals surface area contributed by atoms with Crippen molar-refractivity contribution in [2.75, 3.05) is 0 Å². The van der Waals surface area contributed by atoms with Gasteiger partial charge in [0.15, 0.2) is 0 Å². The maximum atomic E-state index is 14.6. The molecule has 4 rings (SSSR count). The molecule has 0 unspecified atom stereocenters. The normalized spacial score (nSPS) is 11.3. The lowest BCUT2D eigenvalue weighted by molar-refractivity contribution is 0.596. The summed E-state index contributed by atoms with van der Waals surface area (Å²) in [7, 11) is 0. The van der Waals surface area contributed by atoms with E-state index in [4.69, 9.17) is 0 Å². The van der Waals surface area contributed by atoms with Crippen LogP contribution in [0.5, 0.6) is 0 Å². The quantitative estimate of drug-likeness (QED) is 0.571. The van der Waals surface area contributed by atoms with Crippen molar-refractivity contribution in [1.29, 1.82) is 0 Å². The van der Waals surface area contributed by atoms with Crippen LogP contribution in [-0.2, 0) is 0 Å². The van der Waals surface area contributed by atoms with E-state index in [9.17, 15) is 8.78 Å². The third-order valence-corrected chi connectivity index (χ3v) is 3.42. The van der Waals surface area contributed by atoms with Gasteiger partial charge in [-0.1, -0.05) is 12.1 Å². The molecule has 0 aliphatic carbocycles. The van der Waals surface area contributed by atoms with E-state index in [1.165, 1.54) is 12.3 Å². The van der Waals surface area contributed by atoms with Gasteiger partial charge in [0.05, 0.1) is 22.1 Å². The summed E-state index contributed by atoms with van der Waals surface area (Å²) in [6.07, 6.45) is 1.50. The van der Waals surface area contributed by atoms with Gasteiger partial charge >= 0.3 is 0 Å². The third-order valence-electron chi connectivity index (χ3n) is 3.42. The lowest BCUT2D eigenvalue weighted by Gasteiger charge is -2.05. The number of para-hydroxylation sites is 2. The molecule has 5 heteroatoms. The first-order valence-corrected chi connectivity index (χ1v) is 6.42. The summed E-state index contributed by atoms with van der Waals surface area (Å²) in [6, 6.07) is 11.7. The van der Waals surface area contributed by atoms with E-state index < -0.39 is 11.6 Å². The molecule has 4 aromatic rings. The average molecular weight is 281 g/mol. The lowest BCUT2D eigenvalue weighted by Crippen LogP contribution is -1.95. The zero-order chi connectivity index (χ0) is 14.4. The molecular weight excluding hydrogens is 272 g/mol. The molecule has 0 amide bonds. The molecule has 0 saturated carbocycles. The molecule has 21 heavy (non-hydrogen) atoms. The van der Waals surface area contributed by atoms with Crippen molar-refractivity contribution in [3.05, 3.63) is 60.3 Å². The van der Waals surface area contributed by atoms with Crippen LogP contribution < -0.4 is 0 Å². The topological polar surface area (TPSA) is 41.6 Å². The molecule has 0 saturated heterocycles. The van der Waals surface area contributed by atoms with Gasteiger partial charge in [-0.2, -0.15) is 0 Å². The smallest absolute Gasteiger partial charge is 0.146 e. The van der Waals surface area contributed by atoms with Crippen molar-refractivity contribution in [3.63, 3.8) is 0 Å². The summed E-state index contributed by atoms with van der Waals surface area (Å²) >= 11 is 0. The van der Waals surface area contributed by atoms with E-state index in [1.54, 1.807) is 18.2 Å². The van der Waals surface area contributed by atoms with E-state index in [0.29, 0.717) is 5.52 Å². The fraction of sp³-hybridized carbons (Fsp3) is 0. The van der Waals surface area contributed by atoms with Crippen molar-refractivity contribution in [2.45, 2.75) is 0 Å². The molecule has 0 fully saturated rings. The molecule has 2 aromatic heterocycles. The summed E-state index contributed by atoms with van der Waals surface area (Å²) in [5.41, 5.74) is 1.52. The van der Waals surface area contributed by atoms with Gasteiger partial charge in [-0.15, -0.1) is 0 Å². The lowest BCUT2D eigenvalue weighted by atomic mass is 10.1. The predicted octanol–water partition coefficient (Wildman–Crippen LogP) is 4.06. The maximum absolute atomic E-state index is 14.6. The highest BCUT2D eigenvalue weighted by Crippen LogP contribution is 2.30. The van der Waals surface area contributed by atoms with E-state index in [0.717, 1.165) is 5.52 Å². The molecule has 0 spiro atoms. The number of aromatic nitrogens is 3. The molecule has 1 N–H and O–H groups in total. The minimum Gasteiger partial charge on any atom is -0.338 e. The van der Waals surface area contributed by atoms with Gasteiger partial charge < -0.3 is 4.98 Å². The second kappa shape index (κ2) is 4.34. The van der Waals surface area contributed by atoms with Gasteiger partial charge in [0.25, 0.3) is 0 Å². The average Bonchev–Trinajstić information content (AvgIpc) is 2.90. The molecule has 0 atom stereocenters. The van der Waals surface area contributed by atoms with Crippen LogP contribution in [0.2, 0.25) is 0 Å². The molecule has 2 aromatic carbocycles. The van der Waals surface area contributed by atoms with Crippen molar-refractivity contribution in [3.8, 4) is 11.4 Å². The number of pyridine rings is 1. The Labute approximate surface area is 118 Å². The van der Waals surface area contributed by atoms with Gasteiger partial charge in [-0.25, -0.2) is 13.8 Å². The van der Waals surface area contributed by atoms with E-state index in [-0.39, 0.29) is 22.3 Å². The molecule has 0 aliphatic rings. The zero-order valence-electron chi connectivity index (χ0n) is 10.8. The SMILES string of the molecule is Fc1cc2ncccc2c(F)c1-c1nc2ccccc2[nH]1. The summed E-state index contributed by atoms with van der Waals surface area (Å²) in [4.78, 5) is 11.2. The number of halogens is 2. The molecule has 0 bridgehead atoms. The van der Waals surface area contributed by atoms with Crippen LogP contribution in [0.3, 0.4) is 0 Å². The number of H-pyrrole nitrogens is 1. The first-order chi connectivity index (χ1) is 10.2. The summed E-state index contributed by atoms with van der Waals surface area (Å²) in [5, 5.41) is 0.273. The molecule has 102 valence electrons. The second-order valence-electron chi connectivity index (χ2n) is 4.72. The first-order valence-electron chi connectivity index (χ1n) is 6.42. The number of benzene rings is 2. The number of nitrogens with one attached hydrogen (secondary N) is 1. The van der Waals surface area contributed by atoms with Crippen molar-refractivity contribution in [1.82, 2.24) is 15.0 Å². The molecule has 0 radical (unpaired) electrons. The standard InChI is InChI=1S/C16H9F2N3/c17-10-8-13-9(4-3-7-19-13)15(18)14(10)16-20-11-5-1-2-6-12(11)21-16/h1-8H,(H,20,21). The fourth-order valence-electron chi connectivity index (χ4n) is 2.44. The van der Waals surface area contributed by atoms with Crippen molar-refractivity contribution >= 4 is 21.9 Å². The van der Waals surface area contributed by atoms with Crippen LogP contribution in [-0.4, -0.2) is 15.0 Å². The number of imidazole rings is 1. The maximum Gasteiger partial charge on any atom is 0.146 e. The number of fused-ring (bicyclic) bond motifs is 2. The first kappa shape index (κ1) is 12.0. The van der Waals surface area contributed by atoms with Crippen molar-refractivity contribution < 1.29 is 8.78 Å². The number of hydrogen-bond donors (Lipinski definition) is 1. The minimum atomic E-state index is -0.683. The Balaban J connectivity index is 2.05. The largest absolute Gasteiger partial charge is 0.338 e. The highest BCUT2D eigenvalue weighted by atomic mass is 19.1. The summed E-state index contributed by atoms with van der Waals surface area (Å²) in [5.74, 6) is -1.16. The van der Waals surface area contributed by atoms with Gasteiger partial charge in [0.1, 0.15) is 17.5 Å². The van der Waals surface area contributed by atoms with Crippen molar-refractivity contribution in [2.24, 2.45) is 0 Å². The van der Waals surface area contributed by atoms with Gasteiger partial charge in [0.2, 0.25) is 0 Å². The fourth-order valence-corrected chi connectivity index (χ4v) is 2.44. The van der Waals surface area contributed by atoms with Gasteiger partial charge in [-0.3, -0.25) is 4.98 Å². The van der Waals surface area contributed by atoms with Crippen LogP contribution >= 0.6 is 0 Å². The Morgan fingerprint density at radius 3 is 2.67 bits per heavy atom. The molecular formula is C16H9F2N3. The Morgan fingerprint density at radius 2 is 1.81 bits per heavy atom. The second-order valence-corrected chi connectivity index (χ2v) is 4.72. The number of rotatable bonds is 1. The third kappa shape index (κ3) is 1.78. The summed E-state index contributed by atoms with van der Waals surface area (Å²) < 4.78 is 28.9. The van der Waals surface area contributed by atoms with Crippen LogP contribution in [0.1, 0.15) is 0 Å². The Kier molecular flexibility index (Phi) is 2.47. The van der Waals surface area contributed by atoms with E-state index >= 15 is 0 Å². The van der Waals surface area contributed by atoms with Gasteiger partial charge in [0, 0.05) is 17.6 Å². The van der Waals surface area contributed by atoms with Crippen LogP contribution in [0.4, 0.5) is 8.78 Å². The minimum absolute atomic E-state index is 0.160. The Bertz CT molecular complexity index is 943. The van der Waals surface area contributed by atoms with Gasteiger partial charge in [-0.05, 0) is 24.3 Å². The highest BCUT2D eigenvalue weighted by molar-refractivity contribution is 5.86. The Hall–Kier alpha value is -2.82. The van der Waals surface area contributed by atoms with Crippen LogP contribution in [0.25, 0.3) is 33.3 Å². The monoisotopic (exact) mass is 281 g/mol. The molecule has 2 heterocycles. The Morgan fingerprint density at radius 1 is 0.952 bits per heavy atom. The highest BCUT2D eigenvalue weighted by Gasteiger charge is 2.18. The van der Waals surface area contributed by atoms with E-state index in [2.05, 4.69) is 15.0 Å². The number of aromatic amines is 1.